The molecule has 0 unspecified atom stereocenters. The van der Waals surface area contributed by atoms with Crippen LogP contribution in [0.25, 0.3) is 0 Å². The van der Waals surface area contributed by atoms with Gasteiger partial charge in [0.25, 0.3) is 0 Å². The number of hydrogen-bond acceptors (Lipinski definition) is 4. The summed E-state index contributed by atoms with van der Waals surface area (Å²) in [6.45, 7) is 1.14. The number of benzene rings is 1. The van der Waals surface area contributed by atoms with Gasteiger partial charge in [0.2, 0.25) is 15.9 Å². The van der Waals surface area contributed by atoms with Crippen molar-refractivity contribution in [3.05, 3.63) is 35.9 Å². The zero-order valence-electron chi connectivity index (χ0n) is 17.9. The predicted molar refractivity (Wildman–Crippen MR) is 118 cm³/mol. The molecule has 30 heavy (non-hydrogen) atoms. The molecule has 1 aromatic rings. The molecular weight excluding hydrogens is 400 g/mol. The van der Waals surface area contributed by atoms with E-state index in [1.807, 2.05) is 0 Å². The van der Waals surface area contributed by atoms with Crippen LogP contribution < -0.4 is 14.8 Å². The molecule has 6 nitrogen and oxygen atoms in total. The molecule has 0 heterocycles. The summed E-state index contributed by atoms with van der Waals surface area (Å²) in [4.78, 5) is 12.7. The maximum Gasteiger partial charge on any atom is 0.240 e. The summed E-state index contributed by atoms with van der Waals surface area (Å²) in [6, 6.07) is 6.38. The lowest BCUT2D eigenvalue weighted by atomic mass is 9.81. The summed E-state index contributed by atoms with van der Waals surface area (Å²) >= 11 is 0. The van der Waals surface area contributed by atoms with Crippen molar-refractivity contribution in [1.29, 1.82) is 0 Å². The van der Waals surface area contributed by atoms with Crippen molar-refractivity contribution in [1.82, 2.24) is 10.0 Å². The highest BCUT2D eigenvalue weighted by molar-refractivity contribution is 7.89. The Labute approximate surface area is 180 Å². The fourth-order valence-corrected chi connectivity index (χ4v) is 5.43. The molecule has 0 saturated heterocycles. The molecule has 0 atom stereocenters. The van der Waals surface area contributed by atoms with Gasteiger partial charge in [-0.3, -0.25) is 4.79 Å². The van der Waals surface area contributed by atoms with Gasteiger partial charge in [0.15, 0.2) is 0 Å². The Morgan fingerprint density at radius 1 is 1.10 bits per heavy atom. The van der Waals surface area contributed by atoms with Crippen LogP contribution in [0.1, 0.15) is 57.8 Å². The van der Waals surface area contributed by atoms with Gasteiger partial charge < -0.3 is 10.1 Å². The SMILES string of the molecule is COc1ccc(S(=O)(=O)NCC2CCC(C(=O)NCCC3=CCCCC3)CC2)cc1. The molecule has 0 spiro atoms. The normalized spacial score (nSPS) is 22.2. The third-order valence-electron chi connectivity index (χ3n) is 6.28. The summed E-state index contributed by atoms with van der Waals surface area (Å²) in [5.41, 5.74) is 1.48. The van der Waals surface area contributed by atoms with E-state index < -0.39 is 10.0 Å². The van der Waals surface area contributed by atoms with E-state index in [9.17, 15) is 13.2 Å². The summed E-state index contributed by atoms with van der Waals surface area (Å²) in [5, 5.41) is 3.10. The van der Waals surface area contributed by atoms with E-state index in [0.717, 1.165) is 38.6 Å². The van der Waals surface area contributed by atoms with Gasteiger partial charge in [0.1, 0.15) is 5.75 Å². The van der Waals surface area contributed by atoms with E-state index in [4.69, 9.17) is 4.74 Å². The minimum absolute atomic E-state index is 0.0554. The van der Waals surface area contributed by atoms with Crippen LogP contribution in [0.3, 0.4) is 0 Å². The van der Waals surface area contributed by atoms with E-state index in [-0.39, 0.29) is 22.6 Å². The molecule has 1 amide bonds. The fourth-order valence-electron chi connectivity index (χ4n) is 4.32. The van der Waals surface area contributed by atoms with Crippen LogP contribution >= 0.6 is 0 Å². The minimum atomic E-state index is -3.53. The highest BCUT2D eigenvalue weighted by atomic mass is 32.2. The van der Waals surface area contributed by atoms with Crippen LogP contribution in [0.4, 0.5) is 0 Å². The van der Waals surface area contributed by atoms with E-state index in [0.29, 0.717) is 12.3 Å². The second-order valence-corrected chi connectivity index (χ2v) is 10.2. The lowest BCUT2D eigenvalue weighted by Crippen LogP contribution is -2.36. The number of amides is 1. The van der Waals surface area contributed by atoms with E-state index in [1.165, 1.54) is 31.3 Å². The fraction of sp³-hybridized carbons (Fsp3) is 0.609. The first-order valence-electron chi connectivity index (χ1n) is 11.1. The van der Waals surface area contributed by atoms with Gasteiger partial charge in [-0.15, -0.1) is 0 Å². The molecule has 2 aliphatic carbocycles. The maximum atomic E-state index is 12.5. The predicted octanol–water partition coefficient (Wildman–Crippen LogP) is 3.79. The number of ether oxygens (including phenoxy) is 1. The van der Waals surface area contributed by atoms with Crippen LogP contribution in [-0.2, 0) is 14.8 Å². The number of carbonyl (C=O) groups excluding carboxylic acids is 1. The molecule has 3 rings (SSSR count). The Morgan fingerprint density at radius 2 is 1.83 bits per heavy atom. The first kappa shape index (κ1) is 22.8. The highest BCUT2D eigenvalue weighted by Gasteiger charge is 2.27. The zero-order chi connectivity index (χ0) is 21.4. The van der Waals surface area contributed by atoms with Gasteiger partial charge >= 0.3 is 0 Å². The highest BCUT2D eigenvalue weighted by Crippen LogP contribution is 2.29. The Kier molecular flexibility index (Phi) is 8.33. The Hall–Kier alpha value is -1.86. The maximum absolute atomic E-state index is 12.5. The van der Waals surface area contributed by atoms with E-state index in [2.05, 4.69) is 16.1 Å². The topological polar surface area (TPSA) is 84.5 Å². The third kappa shape index (κ3) is 6.57. The summed E-state index contributed by atoms with van der Waals surface area (Å²) in [5.74, 6) is 1.11. The molecule has 0 aliphatic heterocycles. The summed E-state index contributed by atoms with van der Waals surface area (Å²) in [6.07, 6.45) is 11.6. The number of allylic oxidation sites excluding steroid dienone is 1. The molecule has 166 valence electrons. The molecule has 0 radical (unpaired) electrons. The molecule has 1 aromatic carbocycles. The standard InChI is InChI=1S/C23H34N2O4S/c1-29-21-11-13-22(14-12-21)30(27,28)25-17-19-7-9-20(10-8-19)23(26)24-16-15-18-5-3-2-4-6-18/h5,11-14,19-20,25H,2-4,6-10,15-17H2,1H3,(H,24,26). The summed E-state index contributed by atoms with van der Waals surface area (Å²) < 4.78 is 32.7. The molecule has 0 aromatic heterocycles. The van der Waals surface area contributed by atoms with Crippen molar-refractivity contribution in [2.45, 2.75) is 62.7 Å². The van der Waals surface area contributed by atoms with Crippen LogP contribution in [0.2, 0.25) is 0 Å². The van der Waals surface area contributed by atoms with Crippen molar-refractivity contribution in [3.8, 4) is 5.75 Å². The minimum Gasteiger partial charge on any atom is -0.497 e. The van der Waals surface area contributed by atoms with Gasteiger partial charge in [0.05, 0.1) is 12.0 Å². The smallest absolute Gasteiger partial charge is 0.240 e. The number of sulfonamides is 1. The molecule has 7 heteroatoms. The van der Waals surface area contributed by atoms with Crippen molar-refractivity contribution < 1.29 is 17.9 Å². The number of hydrogen-bond donors (Lipinski definition) is 2. The lowest BCUT2D eigenvalue weighted by Gasteiger charge is -2.28. The largest absolute Gasteiger partial charge is 0.497 e. The van der Waals surface area contributed by atoms with Crippen molar-refractivity contribution in [2.75, 3.05) is 20.2 Å². The number of rotatable bonds is 9. The number of carbonyl (C=O) groups is 1. The van der Waals surface area contributed by atoms with Crippen LogP contribution in [0.15, 0.2) is 40.8 Å². The molecular formula is C23H34N2O4S. The molecule has 1 saturated carbocycles. The second-order valence-electron chi connectivity index (χ2n) is 8.39. The molecule has 1 fully saturated rings. The molecule has 2 N–H and O–H groups in total. The van der Waals surface area contributed by atoms with Gasteiger partial charge in [0, 0.05) is 19.0 Å². The molecule has 2 aliphatic rings. The van der Waals surface area contributed by atoms with Crippen molar-refractivity contribution in [3.63, 3.8) is 0 Å². The van der Waals surface area contributed by atoms with E-state index >= 15 is 0 Å². The summed E-state index contributed by atoms with van der Waals surface area (Å²) in [7, 11) is -1.98. The van der Waals surface area contributed by atoms with Crippen molar-refractivity contribution in [2.24, 2.45) is 11.8 Å². The zero-order valence-corrected chi connectivity index (χ0v) is 18.7. The lowest BCUT2D eigenvalue weighted by molar-refractivity contribution is -0.126. The van der Waals surface area contributed by atoms with Crippen LogP contribution in [0, 0.1) is 11.8 Å². The second kappa shape index (κ2) is 11.0. The number of nitrogens with one attached hydrogen (secondary N) is 2. The van der Waals surface area contributed by atoms with Gasteiger partial charge in [-0.1, -0.05) is 11.6 Å². The molecule has 0 bridgehead atoms. The first-order valence-corrected chi connectivity index (χ1v) is 12.6. The Morgan fingerprint density at radius 3 is 2.47 bits per heavy atom. The monoisotopic (exact) mass is 434 g/mol. The van der Waals surface area contributed by atoms with E-state index in [1.54, 1.807) is 31.4 Å². The van der Waals surface area contributed by atoms with Gasteiger partial charge in [-0.2, -0.15) is 0 Å². The Bertz CT molecular complexity index is 825. The van der Waals surface area contributed by atoms with Crippen molar-refractivity contribution >= 4 is 15.9 Å². The average molecular weight is 435 g/mol. The van der Waals surface area contributed by atoms with Crippen LogP contribution in [0.5, 0.6) is 5.75 Å². The van der Waals surface area contributed by atoms with Crippen LogP contribution in [-0.4, -0.2) is 34.5 Å². The first-order chi connectivity index (χ1) is 14.5. The van der Waals surface area contributed by atoms with Gasteiger partial charge in [-0.05, 0) is 88.0 Å². The van der Waals surface area contributed by atoms with Gasteiger partial charge in [-0.25, -0.2) is 13.1 Å². The number of methoxy groups -OCH3 is 1. The third-order valence-corrected chi connectivity index (χ3v) is 7.72. The quantitative estimate of drug-likeness (QED) is 0.579. The average Bonchev–Trinajstić information content (AvgIpc) is 2.79. The Balaban J connectivity index is 1.37.